The summed E-state index contributed by atoms with van der Waals surface area (Å²) in [6, 6.07) is 6.93. The highest BCUT2D eigenvalue weighted by Gasteiger charge is 2.26. The molecule has 25 heavy (non-hydrogen) atoms. The molecule has 3 heterocycles. The quantitative estimate of drug-likeness (QED) is 0.656. The Balaban J connectivity index is 1.97. The zero-order valence-electron chi connectivity index (χ0n) is 14.1. The van der Waals surface area contributed by atoms with Crippen molar-refractivity contribution in [1.82, 2.24) is 19.1 Å². The van der Waals surface area contributed by atoms with Gasteiger partial charge in [0.25, 0.3) is 0 Å². The van der Waals surface area contributed by atoms with Crippen LogP contribution < -0.4 is 5.69 Å². The second-order valence-electron chi connectivity index (χ2n) is 6.54. The average Bonchev–Trinajstić information content (AvgIpc) is 2.85. The molecule has 0 saturated carbocycles. The van der Waals surface area contributed by atoms with Crippen molar-refractivity contribution < 1.29 is 9.53 Å². The first-order valence-electron chi connectivity index (χ1n) is 7.66. The minimum atomic E-state index is -0.745. The van der Waals surface area contributed by atoms with Gasteiger partial charge in [0, 0.05) is 12.4 Å². The summed E-state index contributed by atoms with van der Waals surface area (Å²) in [6.45, 7) is 5.65. The smallest absolute Gasteiger partial charge is 0.423 e. The monoisotopic (exact) mass is 360 g/mol. The highest BCUT2D eigenvalue weighted by Crippen LogP contribution is 2.20. The molecule has 1 aromatic rings. The molecule has 0 unspecified atom stereocenters. The number of carbonyl (C=O) groups excluding carboxylic acids is 1. The Morgan fingerprint density at radius 3 is 2.68 bits per heavy atom. The highest BCUT2D eigenvalue weighted by molar-refractivity contribution is 6.29. The summed E-state index contributed by atoms with van der Waals surface area (Å²) >= 11 is 5.80. The van der Waals surface area contributed by atoms with Crippen LogP contribution in [-0.2, 0) is 11.3 Å². The highest BCUT2D eigenvalue weighted by atomic mass is 35.5. The van der Waals surface area contributed by atoms with Crippen LogP contribution in [0.2, 0.25) is 5.15 Å². The van der Waals surface area contributed by atoms with Crippen molar-refractivity contribution in [2.45, 2.75) is 32.9 Å². The Morgan fingerprint density at radius 1 is 1.28 bits per heavy atom. The molecule has 0 aromatic carbocycles. The molecule has 0 atom stereocenters. The largest absolute Gasteiger partial charge is 0.443 e. The van der Waals surface area contributed by atoms with Crippen LogP contribution in [0.25, 0.3) is 11.5 Å². The molecule has 0 spiro atoms. The van der Waals surface area contributed by atoms with E-state index in [1.807, 2.05) is 6.07 Å². The van der Waals surface area contributed by atoms with E-state index in [9.17, 15) is 9.59 Å². The van der Waals surface area contributed by atoms with E-state index in [1.54, 1.807) is 55.9 Å². The first kappa shape index (κ1) is 17.2. The average molecular weight is 361 g/mol. The number of pyridine rings is 2. The van der Waals surface area contributed by atoms with Crippen molar-refractivity contribution in [3.8, 4) is 11.5 Å². The summed E-state index contributed by atoms with van der Waals surface area (Å²) < 4.78 is 8.00. The lowest BCUT2D eigenvalue weighted by molar-refractivity contribution is 0.0534. The van der Waals surface area contributed by atoms with Crippen molar-refractivity contribution in [3.63, 3.8) is 0 Å². The molecule has 0 fully saturated rings. The van der Waals surface area contributed by atoms with Gasteiger partial charge < -0.3 is 9.30 Å². The summed E-state index contributed by atoms with van der Waals surface area (Å²) in [5.41, 5.74) is -0.0943. The van der Waals surface area contributed by atoms with E-state index in [-0.39, 0.29) is 0 Å². The standard InChI is InChI=1S/C17H17ClN4O3/c1-17(2,3)25-16(24)22-12-5-4-8-21(14(12)20-15(22)23)10-11-6-7-13(18)19-9-11/h4-9H,10H2,1-3H3. The van der Waals surface area contributed by atoms with Gasteiger partial charge >= 0.3 is 11.8 Å². The number of fused-ring (bicyclic) bond motifs is 1. The fourth-order valence-electron chi connectivity index (χ4n) is 2.38. The lowest BCUT2D eigenvalue weighted by Crippen LogP contribution is -2.32. The van der Waals surface area contributed by atoms with Crippen LogP contribution >= 0.6 is 11.6 Å². The first-order chi connectivity index (χ1) is 11.7. The third-order valence-corrected chi connectivity index (χ3v) is 3.60. The van der Waals surface area contributed by atoms with E-state index in [1.165, 1.54) is 0 Å². The Bertz CT molecular complexity index is 938. The van der Waals surface area contributed by atoms with Gasteiger partial charge in [-0.15, -0.1) is 0 Å². The molecule has 0 bridgehead atoms. The number of halogens is 1. The van der Waals surface area contributed by atoms with Crippen molar-refractivity contribution in [1.29, 1.82) is 0 Å². The topological polar surface area (TPSA) is 79.0 Å². The van der Waals surface area contributed by atoms with Crippen LogP contribution in [0.15, 0.2) is 41.5 Å². The Hall–Kier alpha value is -2.67. The Labute approximate surface area is 149 Å². The molecule has 130 valence electrons. The zero-order valence-corrected chi connectivity index (χ0v) is 14.8. The van der Waals surface area contributed by atoms with Gasteiger partial charge in [0.1, 0.15) is 16.4 Å². The molecule has 0 N–H and O–H groups in total. The number of rotatable bonds is 2. The predicted molar refractivity (Wildman–Crippen MR) is 93.1 cm³/mol. The van der Waals surface area contributed by atoms with Gasteiger partial charge in [-0.05, 0) is 44.5 Å². The number of carbonyl (C=O) groups is 1. The van der Waals surface area contributed by atoms with E-state index >= 15 is 0 Å². The summed E-state index contributed by atoms with van der Waals surface area (Å²) in [5.74, 6) is 0.397. The number of imidazole rings is 1. The molecule has 2 aliphatic rings. The maximum Gasteiger partial charge on any atom is 0.423 e. The van der Waals surface area contributed by atoms with Crippen molar-refractivity contribution in [2.24, 2.45) is 0 Å². The predicted octanol–water partition coefficient (Wildman–Crippen LogP) is 3.03. The Kier molecular flexibility index (Phi) is 4.34. The second kappa shape index (κ2) is 6.33. The molecular weight excluding hydrogens is 344 g/mol. The minimum absolute atomic E-state index is 0.392. The number of hydrogen-bond acceptors (Lipinski definition) is 5. The van der Waals surface area contributed by atoms with Gasteiger partial charge in [-0.2, -0.15) is 9.55 Å². The van der Waals surface area contributed by atoms with E-state index < -0.39 is 17.4 Å². The van der Waals surface area contributed by atoms with E-state index in [2.05, 4.69) is 9.97 Å². The van der Waals surface area contributed by atoms with Crippen molar-refractivity contribution in [2.75, 3.05) is 0 Å². The van der Waals surface area contributed by atoms with Gasteiger partial charge in [0.05, 0.1) is 6.54 Å². The molecule has 8 heteroatoms. The number of nitrogens with zero attached hydrogens (tertiary/aromatic N) is 4. The van der Waals surface area contributed by atoms with Gasteiger partial charge in [-0.3, -0.25) is 0 Å². The molecular formula is C17H17ClN4O3. The van der Waals surface area contributed by atoms with Crippen molar-refractivity contribution >= 4 is 17.7 Å². The summed E-state index contributed by atoms with van der Waals surface area (Å²) in [6.07, 6.45) is 2.69. The second-order valence-corrected chi connectivity index (χ2v) is 6.93. The molecule has 7 nitrogen and oxygen atoms in total. The normalized spacial score (nSPS) is 11.7. The van der Waals surface area contributed by atoms with E-state index in [0.717, 1.165) is 10.1 Å². The zero-order chi connectivity index (χ0) is 18.2. The number of aromatic nitrogens is 4. The molecule has 1 aromatic heterocycles. The molecule has 0 amide bonds. The third-order valence-electron chi connectivity index (χ3n) is 3.37. The van der Waals surface area contributed by atoms with E-state index in [4.69, 9.17) is 16.3 Å². The third kappa shape index (κ3) is 3.71. The van der Waals surface area contributed by atoms with Crippen LogP contribution in [0.3, 0.4) is 0 Å². The molecule has 3 rings (SSSR count). The van der Waals surface area contributed by atoms with Gasteiger partial charge in [-0.25, -0.2) is 14.6 Å². The lowest BCUT2D eigenvalue weighted by atomic mass is 10.2. The van der Waals surface area contributed by atoms with Gasteiger partial charge in [0.15, 0.2) is 5.82 Å². The summed E-state index contributed by atoms with van der Waals surface area (Å²) in [7, 11) is 0. The van der Waals surface area contributed by atoms with Crippen LogP contribution in [0.4, 0.5) is 4.79 Å². The fourth-order valence-corrected chi connectivity index (χ4v) is 2.49. The molecule has 0 aliphatic carbocycles. The SMILES string of the molecule is CC(C)(C)OC(=O)n1c2cccn(Cc3ccc(Cl)nc3)c-2nc1=O. The fraction of sp³-hybridized carbons (Fsp3) is 0.294. The molecule has 0 radical (unpaired) electrons. The van der Waals surface area contributed by atoms with Crippen LogP contribution in [-0.4, -0.2) is 30.8 Å². The maximum absolute atomic E-state index is 12.3. The van der Waals surface area contributed by atoms with Crippen LogP contribution in [0, 0.1) is 0 Å². The van der Waals surface area contributed by atoms with E-state index in [0.29, 0.717) is 23.2 Å². The first-order valence-corrected chi connectivity index (χ1v) is 8.04. The molecule has 2 aliphatic heterocycles. The van der Waals surface area contributed by atoms with Crippen LogP contribution in [0.5, 0.6) is 0 Å². The number of hydrogen-bond donors (Lipinski definition) is 0. The lowest BCUT2D eigenvalue weighted by Gasteiger charge is -2.19. The van der Waals surface area contributed by atoms with Crippen LogP contribution in [0.1, 0.15) is 26.3 Å². The summed E-state index contributed by atoms with van der Waals surface area (Å²) in [4.78, 5) is 32.6. The minimum Gasteiger partial charge on any atom is -0.443 e. The number of ether oxygens (including phenoxy) is 1. The van der Waals surface area contributed by atoms with Gasteiger partial charge in [-0.1, -0.05) is 17.7 Å². The van der Waals surface area contributed by atoms with Crippen molar-refractivity contribution in [3.05, 3.63) is 57.9 Å². The molecule has 0 saturated heterocycles. The maximum atomic E-state index is 12.3. The van der Waals surface area contributed by atoms with Gasteiger partial charge in [0.2, 0.25) is 0 Å². The Morgan fingerprint density at radius 2 is 2.04 bits per heavy atom. The summed E-state index contributed by atoms with van der Waals surface area (Å²) in [5, 5.41) is 0.406.